The third-order valence-corrected chi connectivity index (χ3v) is 3.61. The molecule has 2 rings (SSSR count). The van der Waals surface area contributed by atoms with Crippen LogP contribution in [0.3, 0.4) is 0 Å². The minimum atomic E-state index is -0.517. The lowest BCUT2D eigenvalue weighted by Crippen LogP contribution is -2.14. The fourth-order valence-corrected chi connectivity index (χ4v) is 2.30. The number of carbonyl (C=O) groups excluding carboxylic acids is 2. The molecule has 0 unspecified atom stereocenters. The molecule has 0 aliphatic heterocycles. The van der Waals surface area contributed by atoms with Crippen molar-refractivity contribution in [3.63, 3.8) is 0 Å². The Morgan fingerprint density at radius 3 is 2.50 bits per heavy atom. The molecular formula is C19H18N2O5. The summed E-state index contributed by atoms with van der Waals surface area (Å²) in [5.41, 5.74) is 1.75. The molecular weight excluding hydrogens is 336 g/mol. The number of nitrogens with zero attached hydrogens (tertiary/aromatic N) is 1. The van der Waals surface area contributed by atoms with E-state index in [1.807, 2.05) is 0 Å². The molecule has 0 spiro atoms. The molecule has 2 aromatic rings. The molecule has 0 radical (unpaired) electrons. The number of ether oxygens (including phenoxy) is 1. The Morgan fingerprint density at radius 1 is 1.19 bits per heavy atom. The van der Waals surface area contributed by atoms with Crippen LogP contribution in [0.25, 0.3) is 6.08 Å². The monoisotopic (exact) mass is 354 g/mol. The predicted octanol–water partition coefficient (Wildman–Crippen LogP) is 3.73. The van der Waals surface area contributed by atoms with Crippen LogP contribution in [-0.2, 0) is 9.53 Å². The molecule has 134 valence electrons. The standard InChI is InChI=1S/C19H18N2O5/c1-3-26-18(22)12-9-14-7-10-15(11-8-14)20-19(23)16-5-4-6-17(13(16)2)21(24)25/h4-12H,3H2,1-2H3,(H,20,23)/b12-9+. The number of nitro groups is 1. The molecule has 7 nitrogen and oxygen atoms in total. The zero-order chi connectivity index (χ0) is 19.1. The van der Waals surface area contributed by atoms with E-state index in [1.165, 1.54) is 31.2 Å². The summed E-state index contributed by atoms with van der Waals surface area (Å²) in [6, 6.07) is 11.2. The lowest BCUT2D eigenvalue weighted by Gasteiger charge is -2.08. The van der Waals surface area contributed by atoms with Gasteiger partial charge in [0.25, 0.3) is 11.6 Å². The Morgan fingerprint density at radius 2 is 1.88 bits per heavy atom. The maximum Gasteiger partial charge on any atom is 0.330 e. The third-order valence-electron chi connectivity index (χ3n) is 3.61. The van der Waals surface area contributed by atoms with E-state index in [4.69, 9.17) is 4.74 Å². The van der Waals surface area contributed by atoms with Gasteiger partial charge in [0, 0.05) is 29.0 Å². The maximum absolute atomic E-state index is 12.4. The van der Waals surface area contributed by atoms with Crippen molar-refractivity contribution in [2.75, 3.05) is 11.9 Å². The Bertz CT molecular complexity index is 857. The number of nitro benzene ring substituents is 1. The van der Waals surface area contributed by atoms with E-state index in [9.17, 15) is 19.7 Å². The van der Waals surface area contributed by atoms with Crippen molar-refractivity contribution < 1.29 is 19.2 Å². The van der Waals surface area contributed by atoms with Gasteiger partial charge in [-0.15, -0.1) is 0 Å². The molecule has 0 fully saturated rings. The molecule has 0 atom stereocenters. The van der Waals surface area contributed by atoms with E-state index in [1.54, 1.807) is 37.3 Å². The number of carbonyl (C=O) groups is 2. The summed E-state index contributed by atoms with van der Waals surface area (Å²) in [4.78, 5) is 34.1. The first-order valence-corrected chi connectivity index (χ1v) is 7.92. The van der Waals surface area contributed by atoms with Gasteiger partial charge < -0.3 is 10.1 Å². The number of anilines is 1. The number of hydrogen-bond donors (Lipinski definition) is 1. The lowest BCUT2D eigenvalue weighted by molar-refractivity contribution is -0.385. The van der Waals surface area contributed by atoms with E-state index in [0.717, 1.165) is 5.56 Å². The fraction of sp³-hybridized carbons (Fsp3) is 0.158. The molecule has 0 saturated carbocycles. The lowest BCUT2D eigenvalue weighted by atomic mass is 10.1. The summed E-state index contributed by atoms with van der Waals surface area (Å²) in [5.74, 6) is -0.855. The highest BCUT2D eigenvalue weighted by Crippen LogP contribution is 2.22. The minimum absolute atomic E-state index is 0.0999. The van der Waals surface area contributed by atoms with Crippen LogP contribution in [-0.4, -0.2) is 23.4 Å². The topological polar surface area (TPSA) is 98.5 Å². The van der Waals surface area contributed by atoms with Gasteiger partial charge in [-0.25, -0.2) is 4.79 Å². The van der Waals surface area contributed by atoms with E-state index in [-0.39, 0.29) is 11.3 Å². The second-order valence-corrected chi connectivity index (χ2v) is 5.37. The van der Waals surface area contributed by atoms with Crippen molar-refractivity contribution in [2.24, 2.45) is 0 Å². The summed E-state index contributed by atoms with van der Waals surface area (Å²) < 4.78 is 4.80. The minimum Gasteiger partial charge on any atom is -0.463 e. The van der Waals surface area contributed by atoms with Gasteiger partial charge in [0.15, 0.2) is 0 Å². The molecule has 0 aromatic heterocycles. The Kier molecular flexibility index (Phi) is 6.21. The van der Waals surface area contributed by atoms with Crippen LogP contribution >= 0.6 is 0 Å². The van der Waals surface area contributed by atoms with E-state index < -0.39 is 16.8 Å². The summed E-state index contributed by atoms with van der Waals surface area (Å²) >= 11 is 0. The molecule has 0 bridgehead atoms. The predicted molar refractivity (Wildman–Crippen MR) is 97.9 cm³/mol. The number of benzene rings is 2. The smallest absolute Gasteiger partial charge is 0.330 e. The average molecular weight is 354 g/mol. The van der Waals surface area contributed by atoms with Gasteiger partial charge in [0.2, 0.25) is 0 Å². The average Bonchev–Trinajstić information content (AvgIpc) is 2.61. The molecule has 2 aromatic carbocycles. The first kappa shape index (κ1) is 18.9. The van der Waals surface area contributed by atoms with Crippen molar-refractivity contribution >= 4 is 29.3 Å². The number of esters is 1. The molecule has 1 N–H and O–H groups in total. The van der Waals surface area contributed by atoms with Gasteiger partial charge in [0.05, 0.1) is 11.5 Å². The number of rotatable bonds is 6. The molecule has 0 saturated heterocycles. The van der Waals surface area contributed by atoms with Crippen LogP contribution in [0.15, 0.2) is 48.5 Å². The Labute approximate surface area is 150 Å². The van der Waals surface area contributed by atoms with Crippen molar-refractivity contribution in [1.82, 2.24) is 0 Å². The van der Waals surface area contributed by atoms with Gasteiger partial charge >= 0.3 is 5.97 Å². The van der Waals surface area contributed by atoms with Crippen molar-refractivity contribution in [3.05, 3.63) is 75.3 Å². The highest BCUT2D eigenvalue weighted by atomic mass is 16.6. The number of nitrogens with one attached hydrogen (secondary N) is 1. The summed E-state index contributed by atoms with van der Waals surface area (Å²) in [6.45, 7) is 3.58. The Hall–Kier alpha value is -3.48. The molecule has 0 aliphatic carbocycles. The van der Waals surface area contributed by atoms with E-state index in [0.29, 0.717) is 17.9 Å². The maximum atomic E-state index is 12.4. The van der Waals surface area contributed by atoms with Crippen LogP contribution in [0.4, 0.5) is 11.4 Å². The molecule has 0 aliphatic rings. The van der Waals surface area contributed by atoms with E-state index >= 15 is 0 Å². The van der Waals surface area contributed by atoms with Gasteiger partial charge in [-0.05, 0) is 43.7 Å². The highest BCUT2D eigenvalue weighted by Gasteiger charge is 2.17. The fourth-order valence-electron chi connectivity index (χ4n) is 2.30. The Balaban J connectivity index is 2.10. The molecule has 26 heavy (non-hydrogen) atoms. The zero-order valence-electron chi connectivity index (χ0n) is 14.4. The van der Waals surface area contributed by atoms with Crippen LogP contribution in [0.2, 0.25) is 0 Å². The molecule has 0 heterocycles. The first-order valence-electron chi connectivity index (χ1n) is 7.92. The van der Waals surface area contributed by atoms with Crippen molar-refractivity contribution in [2.45, 2.75) is 13.8 Å². The number of hydrogen-bond acceptors (Lipinski definition) is 5. The van der Waals surface area contributed by atoms with Crippen LogP contribution in [0, 0.1) is 17.0 Å². The van der Waals surface area contributed by atoms with Crippen LogP contribution in [0.5, 0.6) is 0 Å². The second-order valence-electron chi connectivity index (χ2n) is 5.37. The molecule has 1 amide bonds. The second kappa shape index (κ2) is 8.57. The largest absolute Gasteiger partial charge is 0.463 e. The van der Waals surface area contributed by atoms with Crippen LogP contribution < -0.4 is 5.32 Å². The van der Waals surface area contributed by atoms with Crippen molar-refractivity contribution in [1.29, 1.82) is 0 Å². The summed E-state index contributed by atoms with van der Waals surface area (Å²) in [5, 5.41) is 13.7. The normalized spacial score (nSPS) is 10.5. The summed E-state index contributed by atoms with van der Waals surface area (Å²) in [6.07, 6.45) is 2.93. The third kappa shape index (κ3) is 4.76. The first-order chi connectivity index (χ1) is 12.4. The SMILES string of the molecule is CCOC(=O)/C=C/c1ccc(NC(=O)c2cccc([N+](=O)[O-])c2C)cc1. The number of amides is 1. The van der Waals surface area contributed by atoms with Crippen LogP contribution in [0.1, 0.15) is 28.4 Å². The van der Waals surface area contributed by atoms with Gasteiger partial charge in [-0.1, -0.05) is 18.2 Å². The van der Waals surface area contributed by atoms with E-state index in [2.05, 4.69) is 5.32 Å². The van der Waals surface area contributed by atoms with Gasteiger partial charge in [-0.2, -0.15) is 0 Å². The van der Waals surface area contributed by atoms with Gasteiger partial charge in [-0.3, -0.25) is 14.9 Å². The molecule has 7 heteroatoms. The zero-order valence-corrected chi connectivity index (χ0v) is 14.4. The quantitative estimate of drug-likeness (QED) is 0.369. The highest BCUT2D eigenvalue weighted by molar-refractivity contribution is 6.05. The summed E-state index contributed by atoms with van der Waals surface area (Å²) in [7, 11) is 0. The van der Waals surface area contributed by atoms with Gasteiger partial charge in [0.1, 0.15) is 0 Å². The van der Waals surface area contributed by atoms with Crippen molar-refractivity contribution in [3.8, 4) is 0 Å².